The zero-order valence-electron chi connectivity index (χ0n) is 9.22. The minimum absolute atomic E-state index is 0.0177. The number of hydrogen-bond donors (Lipinski definition) is 1. The monoisotopic (exact) mass is 266 g/mol. The lowest BCUT2D eigenvalue weighted by Crippen LogP contribution is -1.93. The maximum absolute atomic E-state index is 13.6. The zero-order valence-corrected chi connectivity index (χ0v) is 10.7. The van der Waals surface area contributed by atoms with Crippen LogP contribution < -0.4 is 4.74 Å². The number of halogens is 3. The molecular formula is C11H13Cl2FO2. The van der Waals surface area contributed by atoms with Gasteiger partial charge in [-0.05, 0) is 19.1 Å². The molecule has 0 spiro atoms. The van der Waals surface area contributed by atoms with Crippen molar-refractivity contribution in [3.05, 3.63) is 34.6 Å². The molecule has 0 aromatic heterocycles. The number of aliphatic hydroxyl groups excluding tert-OH is 1. The highest BCUT2D eigenvalue weighted by atomic mass is 35.5. The van der Waals surface area contributed by atoms with E-state index in [1.54, 1.807) is 19.1 Å². The average molecular weight is 267 g/mol. The molecule has 2 nitrogen and oxygen atoms in total. The summed E-state index contributed by atoms with van der Waals surface area (Å²) < 4.78 is 18.5. The van der Waals surface area contributed by atoms with Crippen molar-refractivity contribution < 1.29 is 14.2 Å². The van der Waals surface area contributed by atoms with Crippen molar-refractivity contribution in [2.24, 2.45) is 0 Å². The van der Waals surface area contributed by atoms with Gasteiger partial charge in [-0.15, -0.1) is 0 Å². The fraction of sp³-hybridized carbons (Fsp3) is 0.273. The lowest BCUT2D eigenvalue weighted by molar-refractivity contribution is 0.386. The van der Waals surface area contributed by atoms with Gasteiger partial charge in [-0.3, -0.25) is 0 Å². The Bertz CT molecular complexity index is 378. The summed E-state index contributed by atoms with van der Waals surface area (Å²) in [6.45, 7) is 1.73. The first-order chi connectivity index (χ1) is 7.61. The van der Waals surface area contributed by atoms with Crippen LogP contribution in [0.15, 0.2) is 18.2 Å². The zero-order chi connectivity index (χ0) is 12.7. The summed E-state index contributed by atoms with van der Waals surface area (Å²) in [5, 5.41) is 7.56. The molecule has 0 amide bonds. The van der Waals surface area contributed by atoms with Crippen molar-refractivity contribution in [3.8, 4) is 5.75 Å². The number of aliphatic hydroxyl groups is 1. The van der Waals surface area contributed by atoms with Gasteiger partial charge in [-0.25, -0.2) is 4.39 Å². The van der Waals surface area contributed by atoms with Crippen molar-refractivity contribution in [3.63, 3.8) is 0 Å². The molecule has 1 aromatic carbocycles. The minimum Gasteiger partial charge on any atom is -0.492 e. The van der Waals surface area contributed by atoms with E-state index in [0.29, 0.717) is 5.03 Å². The van der Waals surface area contributed by atoms with Crippen LogP contribution in [0.1, 0.15) is 12.5 Å². The second kappa shape index (κ2) is 7.49. The van der Waals surface area contributed by atoms with Crippen molar-refractivity contribution in [1.29, 1.82) is 0 Å². The lowest BCUT2D eigenvalue weighted by atomic mass is 10.2. The number of allylic oxidation sites excluding steroid dienone is 1. The second-order valence-corrected chi connectivity index (χ2v) is 3.39. The Kier molecular flexibility index (Phi) is 7.13. The third kappa shape index (κ3) is 3.37. The Morgan fingerprint density at radius 1 is 1.44 bits per heavy atom. The molecule has 0 aliphatic carbocycles. The molecule has 0 aliphatic rings. The normalized spacial score (nSPS) is 10.6. The van der Waals surface area contributed by atoms with Crippen LogP contribution in [0.3, 0.4) is 0 Å². The smallest absolute Gasteiger partial charge is 0.175 e. The quantitative estimate of drug-likeness (QED) is 0.885. The van der Waals surface area contributed by atoms with Crippen LogP contribution in [0.2, 0.25) is 5.02 Å². The van der Waals surface area contributed by atoms with Gasteiger partial charge in [-0.1, -0.05) is 29.3 Å². The Hall–Kier alpha value is -0.770. The molecule has 0 unspecified atom stereocenters. The molecule has 0 bridgehead atoms. The first-order valence-corrected chi connectivity index (χ1v) is 5.16. The van der Waals surface area contributed by atoms with Crippen LogP contribution in [0.25, 0.3) is 5.03 Å². The number of hydrogen-bond acceptors (Lipinski definition) is 2. The van der Waals surface area contributed by atoms with Gasteiger partial charge >= 0.3 is 0 Å². The summed E-state index contributed by atoms with van der Waals surface area (Å²) in [6.07, 6.45) is 1.60. The Labute approximate surface area is 104 Å². The van der Waals surface area contributed by atoms with E-state index < -0.39 is 5.82 Å². The van der Waals surface area contributed by atoms with E-state index in [0.717, 1.165) is 7.11 Å². The molecule has 0 atom stereocenters. The highest BCUT2D eigenvalue weighted by molar-refractivity contribution is 6.48. The van der Waals surface area contributed by atoms with Gasteiger partial charge in [-0.2, -0.15) is 0 Å². The highest BCUT2D eigenvalue weighted by Gasteiger charge is 2.14. The van der Waals surface area contributed by atoms with Crippen LogP contribution in [0, 0.1) is 5.82 Å². The maximum Gasteiger partial charge on any atom is 0.175 e. The van der Waals surface area contributed by atoms with E-state index in [2.05, 4.69) is 0 Å². The molecule has 1 aromatic rings. The van der Waals surface area contributed by atoms with Crippen molar-refractivity contribution >= 4 is 28.2 Å². The lowest BCUT2D eigenvalue weighted by Gasteiger charge is -2.08. The highest BCUT2D eigenvalue weighted by Crippen LogP contribution is 2.33. The maximum atomic E-state index is 13.6. The van der Waals surface area contributed by atoms with Crippen molar-refractivity contribution in [2.45, 2.75) is 6.92 Å². The van der Waals surface area contributed by atoms with Gasteiger partial charge in [0.15, 0.2) is 11.6 Å². The molecule has 90 valence electrons. The Morgan fingerprint density at radius 3 is 2.44 bits per heavy atom. The topological polar surface area (TPSA) is 29.5 Å². The molecule has 0 heterocycles. The van der Waals surface area contributed by atoms with Gasteiger partial charge in [0, 0.05) is 17.7 Å². The first kappa shape index (κ1) is 15.2. The van der Waals surface area contributed by atoms with Gasteiger partial charge < -0.3 is 9.84 Å². The minimum atomic E-state index is -0.539. The third-order valence-electron chi connectivity index (χ3n) is 1.76. The average Bonchev–Trinajstić information content (AvgIpc) is 2.31. The summed E-state index contributed by atoms with van der Waals surface area (Å²) in [5.41, 5.74) is 0.287. The van der Waals surface area contributed by atoms with E-state index in [9.17, 15) is 4.39 Å². The van der Waals surface area contributed by atoms with Crippen molar-refractivity contribution in [2.75, 3.05) is 14.2 Å². The van der Waals surface area contributed by atoms with Crippen LogP contribution >= 0.6 is 23.2 Å². The molecule has 5 heteroatoms. The van der Waals surface area contributed by atoms with Gasteiger partial charge in [0.1, 0.15) is 0 Å². The Morgan fingerprint density at radius 2 is 2.00 bits per heavy atom. The molecular weight excluding hydrogens is 254 g/mol. The van der Waals surface area contributed by atoms with Crippen LogP contribution in [-0.2, 0) is 0 Å². The summed E-state index contributed by atoms with van der Waals surface area (Å²) in [6, 6.07) is 3.06. The molecule has 16 heavy (non-hydrogen) atoms. The van der Waals surface area contributed by atoms with Gasteiger partial charge in [0.25, 0.3) is 0 Å². The number of methoxy groups -OCH3 is 1. The SMILES string of the molecule is C/C=C(\Cl)c1ccc(Cl)c(OC)c1F.CO. The van der Waals surface area contributed by atoms with Crippen LogP contribution in [0.4, 0.5) is 4.39 Å². The molecule has 0 aliphatic heterocycles. The number of benzene rings is 1. The van der Waals surface area contributed by atoms with E-state index in [1.165, 1.54) is 13.2 Å². The summed E-state index contributed by atoms with van der Waals surface area (Å²) in [4.78, 5) is 0. The standard InChI is InChI=1S/C10H9Cl2FO.CH4O/c1-3-7(11)6-4-5-8(12)10(14-2)9(6)13;1-2/h3-5H,1-2H3;2H,1H3/b7-3-;. The van der Waals surface area contributed by atoms with E-state index in [-0.39, 0.29) is 16.3 Å². The van der Waals surface area contributed by atoms with Crippen LogP contribution in [0.5, 0.6) is 5.75 Å². The van der Waals surface area contributed by atoms with E-state index in [1.807, 2.05) is 0 Å². The molecule has 0 radical (unpaired) electrons. The fourth-order valence-electron chi connectivity index (χ4n) is 1.06. The predicted octanol–water partition coefficient (Wildman–Crippen LogP) is 3.70. The Balaban J connectivity index is 0.00000106. The number of ether oxygens (including phenoxy) is 1. The molecule has 0 fully saturated rings. The van der Waals surface area contributed by atoms with E-state index in [4.69, 9.17) is 33.0 Å². The van der Waals surface area contributed by atoms with Gasteiger partial charge in [0.2, 0.25) is 0 Å². The second-order valence-electron chi connectivity index (χ2n) is 2.58. The molecule has 0 saturated carbocycles. The number of rotatable bonds is 2. The molecule has 1 rings (SSSR count). The predicted molar refractivity (Wildman–Crippen MR) is 65.6 cm³/mol. The fourth-order valence-corrected chi connectivity index (χ4v) is 1.43. The van der Waals surface area contributed by atoms with Gasteiger partial charge in [0.05, 0.1) is 12.1 Å². The third-order valence-corrected chi connectivity index (χ3v) is 2.48. The molecule has 0 saturated heterocycles. The molecule has 1 N–H and O–H groups in total. The summed E-state index contributed by atoms with van der Waals surface area (Å²) >= 11 is 11.5. The van der Waals surface area contributed by atoms with E-state index >= 15 is 0 Å². The summed E-state index contributed by atoms with van der Waals surface area (Å²) in [5.74, 6) is -0.521. The summed E-state index contributed by atoms with van der Waals surface area (Å²) in [7, 11) is 2.36. The largest absolute Gasteiger partial charge is 0.492 e. The van der Waals surface area contributed by atoms with Crippen LogP contribution in [-0.4, -0.2) is 19.3 Å². The van der Waals surface area contributed by atoms with Crippen molar-refractivity contribution in [1.82, 2.24) is 0 Å². The first-order valence-electron chi connectivity index (χ1n) is 4.40.